The van der Waals surface area contributed by atoms with Crippen molar-refractivity contribution in [3.05, 3.63) is 11.7 Å². The van der Waals surface area contributed by atoms with Crippen LogP contribution in [0.2, 0.25) is 0 Å². The number of aliphatic carboxylic acids is 1. The van der Waals surface area contributed by atoms with E-state index in [1.165, 1.54) is 4.90 Å². The number of rotatable bonds is 4. The molecule has 1 aliphatic heterocycles. The van der Waals surface area contributed by atoms with Gasteiger partial charge in [0.25, 0.3) is 0 Å². The van der Waals surface area contributed by atoms with Gasteiger partial charge in [-0.05, 0) is 6.42 Å². The Morgan fingerprint density at radius 2 is 2.25 bits per heavy atom. The van der Waals surface area contributed by atoms with E-state index in [2.05, 4.69) is 10.1 Å². The molecule has 9 heteroatoms. The van der Waals surface area contributed by atoms with E-state index in [0.717, 1.165) is 0 Å². The normalized spacial score (nSPS) is 24.2. The SMILES string of the molecule is CCc1nc(CN2CCC(C(=O)O)(C(F)(F)F)C2)no1. The summed E-state index contributed by atoms with van der Waals surface area (Å²) in [4.78, 5) is 16.4. The predicted molar refractivity (Wildman–Crippen MR) is 59.7 cm³/mol. The summed E-state index contributed by atoms with van der Waals surface area (Å²) in [6, 6.07) is 0. The number of carboxylic acids is 1. The van der Waals surface area contributed by atoms with Gasteiger partial charge in [-0.2, -0.15) is 18.2 Å². The first-order valence-electron chi connectivity index (χ1n) is 6.12. The summed E-state index contributed by atoms with van der Waals surface area (Å²) in [6.07, 6.45) is -4.71. The zero-order chi connectivity index (χ0) is 15.0. The van der Waals surface area contributed by atoms with Gasteiger partial charge in [0.2, 0.25) is 5.89 Å². The van der Waals surface area contributed by atoms with Crippen LogP contribution < -0.4 is 0 Å². The van der Waals surface area contributed by atoms with E-state index < -0.39 is 30.5 Å². The fourth-order valence-electron chi connectivity index (χ4n) is 2.25. The van der Waals surface area contributed by atoms with E-state index >= 15 is 0 Å². The van der Waals surface area contributed by atoms with E-state index in [4.69, 9.17) is 9.63 Å². The number of aryl methyl sites for hydroxylation is 1. The van der Waals surface area contributed by atoms with E-state index in [0.29, 0.717) is 12.3 Å². The topological polar surface area (TPSA) is 79.5 Å². The summed E-state index contributed by atoms with van der Waals surface area (Å²) in [6.45, 7) is 1.30. The van der Waals surface area contributed by atoms with Crippen LogP contribution in [0.25, 0.3) is 0 Å². The maximum Gasteiger partial charge on any atom is 0.406 e. The van der Waals surface area contributed by atoms with E-state index in [1.54, 1.807) is 0 Å². The van der Waals surface area contributed by atoms with Gasteiger partial charge in [0.05, 0.1) is 6.54 Å². The van der Waals surface area contributed by atoms with Crippen LogP contribution in [-0.4, -0.2) is 45.4 Å². The van der Waals surface area contributed by atoms with Crippen molar-refractivity contribution in [3.63, 3.8) is 0 Å². The average Bonchev–Trinajstić information content (AvgIpc) is 2.95. The van der Waals surface area contributed by atoms with Crippen molar-refractivity contribution in [2.75, 3.05) is 13.1 Å². The molecule has 20 heavy (non-hydrogen) atoms. The molecule has 1 aromatic rings. The molecule has 6 nitrogen and oxygen atoms in total. The van der Waals surface area contributed by atoms with Crippen molar-refractivity contribution in [2.45, 2.75) is 32.5 Å². The first-order chi connectivity index (χ1) is 9.28. The summed E-state index contributed by atoms with van der Waals surface area (Å²) < 4.78 is 43.8. The molecule has 0 radical (unpaired) electrons. The molecule has 1 fully saturated rings. The third-order valence-corrected chi connectivity index (χ3v) is 3.48. The Balaban J connectivity index is 2.09. The van der Waals surface area contributed by atoms with Gasteiger partial charge >= 0.3 is 12.1 Å². The average molecular weight is 293 g/mol. The quantitative estimate of drug-likeness (QED) is 0.905. The van der Waals surface area contributed by atoms with Crippen LogP contribution in [0.5, 0.6) is 0 Å². The Labute approximate surface area is 112 Å². The highest BCUT2D eigenvalue weighted by atomic mass is 19.4. The largest absolute Gasteiger partial charge is 0.481 e. The molecule has 2 rings (SSSR count). The third-order valence-electron chi connectivity index (χ3n) is 3.48. The second-order valence-electron chi connectivity index (χ2n) is 4.80. The van der Waals surface area contributed by atoms with Crippen molar-refractivity contribution >= 4 is 5.97 Å². The Bertz CT molecular complexity index is 503. The summed E-state index contributed by atoms with van der Waals surface area (Å²) in [5, 5.41) is 12.6. The number of carboxylic acid groups (broad SMARTS) is 1. The Morgan fingerprint density at radius 3 is 2.70 bits per heavy atom. The minimum absolute atomic E-state index is 0.0296. The molecular formula is C11H14F3N3O3. The summed E-state index contributed by atoms with van der Waals surface area (Å²) >= 11 is 0. The van der Waals surface area contributed by atoms with Crippen molar-refractivity contribution in [1.82, 2.24) is 15.0 Å². The lowest BCUT2D eigenvalue weighted by Crippen LogP contribution is -2.47. The van der Waals surface area contributed by atoms with Gasteiger partial charge < -0.3 is 9.63 Å². The molecule has 0 spiro atoms. The predicted octanol–water partition coefficient (Wildman–Crippen LogP) is 1.47. The minimum Gasteiger partial charge on any atom is -0.481 e. The van der Waals surface area contributed by atoms with Gasteiger partial charge in [0.1, 0.15) is 0 Å². The highest BCUT2D eigenvalue weighted by Crippen LogP contribution is 2.45. The Kier molecular flexibility index (Phi) is 3.72. The van der Waals surface area contributed by atoms with E-state index in [-0.39, 0.29) is 18.9 Å². The molecule has 1 atom stereocenters. The fourth-order valence-corrected chi connectivity index (χ4v) is 2.25. The van der Waals surface area contributed by atoms with Gasteiger partial charge in [0.15, 0.2) is 11.2 Å². The lowest BCUT2D eigenvalue weighted by Gasteiger charge is -2.27. The lowest BCUT2D eigenvalue weighted by molar-refractivity contribution is -0.227. The van der Waals surface area contributed by atoms with Crippen LogP contribution in [0.3, 0.4) is 0 Å². The monoisotopic (exact) mass is 293 g/mol. The van der Waals surface area contributed by atoms with Gasteiger partial charge in [-0.1, -0.05) is 12.1 Å². The molecule has 0 saturated carbocycles. The molecular weight excluding hydrogens is 279 g/mol. The van der Waals surface area contributed by atoms with Crippen molar-refractivity contribution in [1.29, 1.82) is 0 Å². The summed E-state index contributed by atoms with van der Waals surface area (Å²) in [5.74, 6) is -1.17. The van der Waals surface area contributed by atoms with Crippen molar-refractivity contribution < 1.29 is 27.6 Å². The molecule has 0 amide bonds. The zero-order valence-corrected chi connectivity index (χ0v) is 10.8. The van der Waals surface area contributed by atoms with Gasteiger partial charge in [0, 0.05) is 19.5 Å². The van der Waals surface area contributed by atoms with Crippen LogP contribution in [0, 0.1) is 5.41 Å². The van der Waals surface area contributed by atoms with Crippen LogP contribution in [0.4, 0.5) is 13.2 Å². The Morgan fingerprint density at radius 1 is 1.55 bits per heavy atom. The maximum atomic E-state index is 13.0. The number of carbonyl (C=O) groups is 1. The first-order valence-corrected chi connectivity index (χ1v) is 6.12. The number of halogens is 3. The van der Waals surface area contributed by atoms with Crippen LogP contribution in [-0.2, 0) is 17.8 Å². The first kappa shape index (κ1) is 14.8. The van der Waals surface area contributed by atoms with Gasteiger partial charge in [-0.25, -0.2) is 0 Å². The molecule has 1 unspecified atom stereocenters. The highest BCUT2D eigenvalue weighted by molar-refractivity contribution is 5.76. The standard InChI is InChI=1S/C11H14F3N3O3/c1-2-8-15-7(16-20-8)5-17-4-3-10(6-17,9(18)19)11(12,13)14/h2-6H2,1H3,(H,18,19). The molecule has 1 aliphatic rings. The second-order valence-corrected chi connectivity index (χ2v) is 4.80. The van der Waals surface area contributed by atoms with Gasteiger partial charge in [-0.15, -0.1) is 0 Å². The molecule has 0 aliphatic carbocycles. The van der Waals surface area contributed by atoms with Crippen LogP contribution in [0.1, 0.15) is 25.1 Å². The van der Waals surface area contributed by atoms with Crippen molar-refractivity contribution in [3.8, 4) is 0 Å². The fraction of sp³-hybridized carbons (Fsp3) is 0.727. The zero-order valence-electron chi connectivity index (χ0n) is 10.8. The number of hydrogen-bond acceptors (Lipinski definition) is 5. The van der Waals surface area contributed by atoms with Gasteiger partial charge in [-0.3, -0.25) is 9.69 Å². The van der Waals surface area contributed by atoms with Crippen LogP contribution in [0.15, 0.2) is 4.52 Å². The lowest BCUT2D eigenvalue weighted by atomic mass is 9.86. The van der Waals surface area contributed by atoms with Crippen molar-refractivity contribution in [2.24, 2.45) is 5.41 Å². The smallest absolute Gasteiger partial charge is 0.406 e. The molecule has 112 valence electrons. The number of aromatic nitrogens is 2. The minimum atomic E-state index is -4.78. The van der Waals surface area contributed by atoms with E-state index in [9.17, 15) is 18.0 Å². The molecule has 1 saturated heterocycles. The molecule has 0 bridgehead atoms. The molecule has 2 heterocycles. The Hall–Kier alpha value is -1.64. The number of nitrogens with zero attached hydrogens (tertiary/aromatic N) is 3. The highest BCUT2D eigenvalue weighted by Gasteiger charge is 2.63. The third kappa shape index (κ3) is 2.49. The number of likely N-dealkylation sites (tertiary alicyclic amines) is 1. The maximum absolute atomic E-state index is 13.0. The van der Waals surface area contributed by atoms with Crippen LogP contribution >= 0.6 is 0 Å². The summed E-state index contributed by atoms with van der Waals surface area (Å²) in [7, 11) is 0. The number of alkyl halides is 3. The second kappa shape index (κ2) is 5.04. The van der Waals surface area contributed by atoms with E-state index in [1.807, 2.05) is 6.92 Å². The molecule has 0 aromatic carbocycles. The molecule has 1 N–H and O–H groups in total. The number of hydrogen-bond donors (Lipinski definition) is 1. The molecule has 1 aromatic heterocycles. The summed E-state index contributed by atoms with van der Waals surface area (Å²) in [5.41, 5.74) is -2.70.